The van der Waals surface area contributed by atoms with Crippen LogP contribution in [0.3, 0.4) is 0 Å². The van der Waals surface area contributed by atoms with Crippen molar-refractivity contribution in [2.45, 2.75) is 12.5 Å². The van der Waals surface area contributed by atoms with Gasteiger partial charge in [0.2, 0.25) is 0 Å². The number of thiophene rings is 1. The van der Waals surface area contributed by atoms with Crippen LogP contribution in [0.4, 0.5) is 5.69 Å². The fourth-order valence-electron chi connectivity index (χ4n) is 1.78. The molecule has 1 aromatic carbocycles. The Bertz CT molecular complexity index is 542. The maximum atomic E-state index is 5.95. The molecule has 1 aromatic heterocycles. The molecule has 0 aliphatic heterocycles. The second-order valence-electron chi connectivity index (χ2n) is 3.90. The van der Waals surface area contributed by atoms with E-state index in [2.05, 4.69) is 5.43 Å². The number of hydrogen-bond donors (Lipinski definition) is 3. The van der Waals surface area contributed by atoms with Gasteiger partial charge in [0.1, 0.15) is 0 Å². The molecule has 0 saturated carbocycles. The number of nitrogen functional groups attached to an aromatic ring is 1. The van der Waals surface area contributed by atoms with Gasteiger partial charge in [0.25, 0.3) is 0 Å². The lowest BCUT2D eigenvalue weighted by atomic mass is 10.0. The van der Waals surface area contributed by atoms with E-state index in [-0.39, 0.29) is 6.04 Å². The van der Waals surface area contributed by atoms with Crippen LogP contribution >= 0.6 is 34.5 Å². The van der Waals surface area contributed by atoms with Crippen LogP contribution in [0.1, 0.15) is 16.5 Å². The summed E-state index contributed by atoms with van der Waals surface area (Å²) in [5.41, 5.74) is 10.3. The second-order valence-corrected chi connectivity index (χ2v) is 6.14. The summed E-state index contributed by atoms with van der Waals surface area (Å²) in [7, 11) is 0. The molecule has 2 aromatic rings. The molecule has 1 atom stereocenters. The van der Waals surface area contributed by atoms with Crippen LogP contribution in [0.15, 0.2) is 30.3 Å². The molecule has 1 unspecified atom stereocenters. The summed E-state index contributed by atoms with van der Waals surface area (Å²) >= 11 is 13.3. The minimum atomic E-state index is -0.0583. The van der Waals surface area contributed by atoms with E-state index in [1.54, 1.807) is 12.1 Å². The molecule has 0 amide bonds. The van der Waals surface area contributed by atoms with Gasteiger partial charge in [-0.15, -0.1) is 11.3 Å². The lowest BCUT2D eigenvalue weighted by molar-refractivity contribution is 0.557. The average Bonchev–Trinajstić information content (AvgIpc) is 2.72. The molecule has 0 radical (unpaired) electrons. The summed E-state index contributed by atoms with van der Waals surface area (Å²) in [6.07, 6.45) is 0.736. The molecule has 0 aliphatic rings. The van der Waals surface area contributed by atoms with Crippen LogP contribution < -0.4 is 17.0 Å². The van der Waals surface area contributed by atoms with Crippen molar-refractivity contribution in [1.82, 2.24) is 5.43 Å². The first kappa shape index (κ1) is 13.6. The van der Waals surface area contributed by atoms with Crippen LogP contribution in [0, 0.1) is 0 Å². The maximum absolute atomic E-state index is 5.95. The van der Waals surface area contributed by atoms with Gasteiger partial charge in [-0.1, -0.05) is 29.3 Å². The van der Waals surface area contributed by atoms with Crippen LogP contribution in [0.25, 0.3) is 0 Å². The van der Waals surface area contributed by atoms with E-state index < -0.39 is 0 Å². The zero-order valence-corrected chi connectivity index (χ0v) is 11.8. The Morgan fingerprint density at radius 3 is 2.56 bits per heavy atom. The molecule has 96 valence electrons. The van der Waals surface area contributed by atoms with Gasteiger partial charge in [-0.2, -0.15) is 0 Å². The molecular formula is C12H13Cl2N3S. The summed E-state index contributed by atoms with van der Waals surface area (Å²) in [4.78, 5) is 1.15. The molecule has 0 fully saturated rings. The highest BCUT2D eigenvalue weighted by Crippen LogP contribution is 2.29. The first-order valence-corrected chi connectivity index (χ1v) is 6.92. The van der Waals surface area contributed by atoms with Crippen molar-refractivity contribution in [1.29, 1.82) is 0 Å². The van der Waals surface area contributed by atoms with Crippen molar-refractivity contribution in [3.63, 3.8) is 0 Å². The highest BCUT2D eigenvalue weighted by molar-refractivity contribution is 7.16. The zero-order chi connectivity index (χ0) is 13.1. The van der Waals surface area contributed by atoms with Crippen molar-refractivity contribution in [3.05, 3.63) is 50.1 Å². The normalized spacial score (nSPS) is 12.6. The number of rotatable bonds is 4. The minimum absolute atomic E-state index is 0.0583. The first-order chi connectivity index (χ1) is 8.60. The topological polar surface area (TPSA) is 64.1 Å². The smallest absolute Gasteiger partial charge is 0.0931 e. The molecular weight excluding hydrogens is 289 g/mol. The predicted molar refractivity (Wildman–Crippen MR) is 79.0 cm³/mol. The lowest BCUT2D eigenvalue weighted by Gasteiger charge is -2.17. The van der Waals surface area contributed by atoms with E-state index in [0.29, 0.717) is 10.7 Å². The summed E-state index contributed by atoms with van der Waals surface area (Å²) in [5.74, 6) is 5.60. The number of anilines is 1. The third kappa shape index (κ3) is 3.16. The lowest BCUT2D eigenvalue weighted by Crippen LogP contribution is -2.30. The van der Waals surface area contributed by atoms with E-state index in [4.69, 9.17) is 34.8 Å². The number of benzene rings is 1. The Kier molecular flexibility index (Phi) is 4.48. The molecule has 0 saturated heterocycles. The van der Waals surface area contributed by atoms with Crippen molar-refractivity contribution in [3.8, 4) is 0 Å². The van der Waals surface area contributed by atoms with Gasteiger partial charge in [0.15, 0.2) is 0 Å². The van der Waals surface area contributed by atoms with Crippen molar-refractivity contribution < 1.29 is 0 Å². The second kappa shape index (κ2) is 5.91. The summed E-state index contributed by atoms with van der Waals surface area (Å²) in [5, 5.41) is 0.617. The van der Waals surface area contributed by atoms with Gasteiger partial charge in [-0.05, 0) is 29.8 Å². The van der Waals surface area contributed by atoms with Gasteiger partial charge in [0, 0.05) is 22.0 Å². The van der Waals surface area contributed by atoms with Crippen LogP contribution in [0.2, 0.25) is 9.36 Å². The van der Waals surface area contributed by atoms with Gasteiger partial charge >= 0.3 is 0 Å². The maximum Gasteiger partial charge on any atom is 0.0931 e. The third-order valence-electron chi connectivity index (χ3n) is 2.66. The Hall–Kier alpha value is -0.780. The number of nitrogens with two attached hydrogens (primary N) is 2. The average molecular weight is 302 g/mol. The monoisotopic (exact) mass is 301 g/mol. The standard InChI is InChI=1S/C12H13Cl2N3S/c13-7-1-3-9(10(15)5-7)11(17-16)6-8-2-4-12(14)18-8/h1-5,11,17H,6,15-16H2. The molecule has 0 bridgehead atoms. The first-order valence-electron chi connectivity index (χ1n) is 5.35. The highest BCUT2D eigenvalue weighted by Gasteiger charge is 2.14. The Balaban J connectivity index is 2.22. The quantitative estimate of drug-likeness (QED) is 0.461. The Morgan fingerprint density at radius 2 is 2.00 bits per heavy atom. The van der Waals surface area contributed by atoms with Gasteiger partial charge in [0.05, 0.1) is 10.4 Å². The van der Waals surface area contributed by atoms with E-state index in [9.17, 15) is 0 Å². The fraction of sp³-hybridized carbons (Fsp3) is 0.167. The van der Waals surface area contributed by atoms with E-state index in [1.165, 1.54) is 11.3 Å². The van der Waals surface area contributed by atoms with Gasteiger partial charge in [-0.3, -0.25) is 11.3 Å². The Morgan fingerprint density at radius 1 is 1.22 bits per heavy atom. The van der Waals surface area contributed by atoms with E-state index in [1.807, 2.05) is 18.2 Å². The molecule has 1 heterocycles. The van der Waals surface area contributed by atoms with Crippen LogP contribution in [-0.2, 0) is 6.42 Å². The van der Waals surface area contributed by atoms with E-state index in [0.717, 1.165) is 21.2 Å². The number of halogens is 2. The molecule has 6 heteroatoms. The van der Waals surface area contributed by atoms with Gasteiger partial charge in [-0.25, -0.2) is 0 Å². The zero-order valence-electron chi connectivity index (χ0n) is 9.49. The molecule has 0 spiro atoms. The summed E-state index contributed by atoms with van der Waals surface area (Å²) in [6, 6.07) is 9.22. The molecule has 2 rings (SSSR count). The predicted octanol–water partition coefficient (Wildman–Crippen LogP) is 3.38. The third-order valence-corrected chi connectivity index (χ3v) is 4.15. The van der Waals surface area contributed by atoms with Gasteiger partial charge < -0.3 is 5.73 Å². The largest absolute Gasteiger partial charge is 0.398 e. The van der Waals surface area contributed by atoms with E-state index >= 15 is 0 Å². The Labute approximate surface area is 120 Å². The molecule has 5 N–H and O–H groups in total. The number of hydrogen-bond acceptors (Lipinski definition) is 4. The van der Waals surface area contributed by atoms with Crippen molar-refractivity contribution >= 4 is 40.2 Å². The minimum Gasteiger partial charge on any atom is -0.398 e. The molecule has 0 aliphatic carbocycles. The molecule has 3 nitrogen and oxygen atoms in total. The number of hydrazine groups is 1. The summed E-state index contributed by atoms with van der Waals surface area (Å²) in [6.45, 7) is 0. The van der Waals surface area contributed by atoms with Crippen LogP contribution in [-0.4, -0.2) is 0 Å². The van der Waals surface area contributed by atoms with Crippen LogP contribution in [0.5, 0.6) is 0 Å². The highest BCUT2D eigenvalue weighted by atomic mass is 35.5. The molecule has 18 heavy (non-hydrogen) atoms. The summed E-state index contributed by atoms with van der Waals surface area (Å²) < 4.78 is 0.768. The number of nitrogens with one attached hydrogen (secondary N) is 1. The van der Waals surface area contributed by atoms with Crippen molar-refractivity contribution in [2.24, 2.45) is 5.84 Å². The SMILES string of the molecule is NNC(Cc1ccc(Cl)s1)c1ccc(Cl)cc1N. The van der Waals surface area contributed by atoms with Crippen molar-refractivity contribution in [2.75, 3.05) is 5.73 Å². The fourth-order valence-corrected chi connectivity index (χ4v) is 3.10.